The Kier molecular flexibility index (Phi) is 6.12. The molecule has 6 heteroatoms. The number of methoxy groups -OCH3 is 1. The fourth-order valence-corrected chi connectivity index (χ4v) is 3.42. The third kappa shape index (κ3) is 4.78. The quantitative estimate of drug-likeness (QED) is 0.570. The highest BCUT2D eigenvalue weighted by atomic mass is 16.5. The molecule has 2 heterocycles. The normalized spacial score (nSPS) is 14.8. The maximum absolute atomic E-state index is 12.4. The summed E-state index contributed by atoms with van der Waals surface area (Å²) in [6.45, 7) is 5.32. The van der Waals surface area contributed by atoms with Crippen LogP contribution in [-0.2, 0) is 4.74 Å². The molecular formula is C23H25NO5. The van der Waals surface area contributed by atoms with Crippen LogP contribution in [0.1, 0.15) is 6.42 Å². The smallest absolute Gasteiger partial charge is 0.193 e. The Hall–Kier alpha value is -2.83. The Labute approximate surface area is 169 Å². The molecule has 0 amide bonds. The zero-order chi connectivity index (χ0) is 20.1. The summed E-state index contributed by atoms with van der Waals surface area (Å²) in [6.07, 6.45) is 0.975. The first-order valence-electron chi connectivity index (χ1n) is 9.88. The van der Waals surface area contributed by atoms with Crippen molar-refractivity contribution in [2.24, 2.45) is 0 Å². The first-order valence-corrected chi connectivity index (χ1v) is 9.88. The second-order valence-corrected chi connectivity index (χ2v) is 7.02. The van der Waals surface area contributed by atoms with E-state index >= 15 is 0 Å². The third-order valence-corrected chi connectivity index (χ3v) is 5.07. The van der Waals surface area contributed by atoms with Crippen molar-refractivity contribution in [2.75, 3.05) is 46.6 Å². The van der Waals surface area contributed by atoms with E-state index in [1.54, 1.807) is 25.3 Å². The highest BCUT2D eigenvalue weighted by Crippen LogP contribution is 2.26. The largest absolute Gasteiger partial charge is 0.497 e. The topological polar surface area (TPSA) is 61.1 Å². The SMILES string of the molecule is COc1ccc2c(=O)cc(-c3ccc(OCCCN4CCOCC4)cc3)oc2c1. The molecule has 0 spiro atoms. The van der Waals surface area contributed by atoms with E-state index in [2.05, 4.69) is 4.90 Å². The molecule has 1 saturated heterocycles. The van der Waals surface area contributed by atoms with E-state index in [0.29, 0.717) is 29.1 Å². The molecule has 1 aliphatic heterocycles. The lowest BCUT2D eigenvalue weighted by Crippen LogP contribution is -2.37. The van der Waals surface area contributed by atoms with Crippen LogP contribution >= 0.6 is 0 Å². The van der Waals surface area contributed by atoms with Gasteiger partial charge in [-0.2, -0.15) is 0 Å². The van der Waals surface area contributed by atoms with Crippen molar-refractivity contribution in [3.8, 4) is 22.8 Å². The number of morpholine rings is 1. The molecule has 0 atom stereocenters. The summed E-state index contributed by atoms with van der Waals surface area (Å²) in [4.78, 5) is 14.8. The summed E-state index contributed by atoms with van der Waals surface area (Å²) < 4.78 is 22.4. The first kappa shape index (κ1) is 19.5. The molecule has 1 aliphatic rings. The highest BCUT2D eigenvalue weighted by Gasteiger charge is 2.10. The van der Waals surface area contributed by atoms with Gasteiger partial charge in [0.2, 0.25) is 0 Å². The number of rotatable bonds is 7. The molecular weight excluding hydrogens is 370 g/mol. The molecule has 6 nitrogen and oxygen atoms in total. The first-order chi connectivity index (χ1) is 14.2. The van der Waals surface area contributed by atoms with Crippen LogP contribution < -0.4 is 14.9 Å². The van der Waals surface area contributed by atoms with Gasteiger partial charge in [-0.15, -0.1) is 0 Å². The average Bonchev–Trinajstić information content (AvgIpc) is 2.77. The molecule has 0 bridgehead atoms. The number of fused-ring (bicyclic) bond motifs is 1. The lowest BCUT2D eigenvalue weighted by atomic mass is 10.1. The number of nitrogens with zero attached hydrogens (tertiary/aromatic N) is 1. The predicted molar refractivity (Wildman–Crippen MR) is 112 cm³/mol. The van der Waals surface area contributed by atoms with Crippen LogP contribution in [0.25, 0.3) is 22.3 Å². The molecule has 152 valence electrons. The maximum atomic E-state index is 12.4. The fourth-order valence-electron chi connectivity index (χ4n) is 3.42. The Morgan fingerprint density at radius 2 is 1.76 bits per heavy atom. The predicted octanol–water partition coefficient (Wildman–Crippen LogP) is 3.57. The third-order valence-electron chi connectivity index (χ3n) is 5.07. The summed E-state index contributed by atoms with van der Waals surface area (Å²) in [6, 6.07) is 14.3. The van der Waals surface area contributed by atoms with Gasteiger partial charge in [-0.3, -0.25) is 9.69 Å². The fraction of sp³-hybridized carbons (Fsp3) is 0.348. The van der Waals surface area contributed by atoms with Gasteiger partial charge in [-0.1, -0.05) is 0 Å². The Bertz CT molecular complexity index is 1010. The van der Waals surface area contributed by atoms with Gasteiger partial charge < -0.3 is 18.6 Å². The van der Waals surface area contributed by atoms with Gasteiger partial charge in [0.05, 0.1) is 32.3 Å². The molecule has 0 aliphatic carbocycles. The molecule has 2 aromatic carbocycles. The summed E-state index contributed by atoms with van der Waals surface area (Å²) in [5.41, 5.74) is 1.26. The van der Waals surface area contributed by atoms with Crippen molar-refractivity contribution in [3.05, 3.63) is 58.8 Å². The molecule has 0 unspecified atom stereocenters. The molecule has 0 N–H and O–H groups in total. The van der Waals surface area contributed by atoms with E-state index in [4.69, 9.17) is 18.6 Å². The minimum atomic E-state index is -0.0765. The number of benzene rings is 2. The highest BCUT2D eigenvalue weighted by molar-refractivity contribution is 5.80. The second-order valence-electron chi connectivity index (χ2n) is 7.02. The maximum Gasteiger partial charge on any atom is 0.193 e. The molecule has 4 rings (SSSR count). The van der Waals surface area contributed by atoms with Crippen LogP contribution in [0.4, 0.5) is 0 Å². The lowest BCUT2D eigenvalue weighted by molar-refractivity contribution is 0.0358. The van der Waals surface area contributed by atoms with Crippen molar-refractivity contribution in [2.45, 2.75) is 6.42 Å². The van der Waals surface area contributed by atoms with Crippen LogP contribution in [0.5, 0.6) is 11.5 Å². The Morgan fingerprint density at radius 1 is 1.00 bits per heavy atom. The summed E-state index contributed by atoms with van der Waals surface area (Å²) in [5, 5.41) is 0.537. The van der Waals surface area contributed by atoms with Crippen molar-refractivity contribution >= 4 is 11.0 Å². The zero-order valence-corrected chi connectivity index (χ0v) is 16.6. The van der Waals surface area contributed by atoms with E-state index in [9.17, 15) is 4.79 Å². The molecule has 29 heavy (non-hydrogen) atoms. The van der Waals surface area contributed by atoms with Gasteiger partial charge in [0.1, 0.15) is 22.8 Å². The Morgan fingerprint density at radius 3 is 2.52 bits per heavy atom. The summed E-state index contributed by atoms with van der Waals surface area (Å²) in [7, 11) is 1.59. The number of ether oxygens (including phenoxy) is 3. The molecule has 0 radical (unpaired) electrons. The van der Waals surface area contributed by atoms with E-state index < -0.39 is 0 Å². The van der Waals surface area contributed by atoms with Gasteiger partial charge >= 0.3 is 0 Å². The van der Waals surface area contributed by atoms with Crippen LogP contribution in [0.2, 0.25) is 0 Å². The lowest BCUT2D eigenvalue weighted by Gasteiger charge is -2.26. The van der Waals surface area contributed by atoms with E-state index in [-0.39, 0.29) is 5.43 Å². The summed E-state index contributed by atoms with van der Waals surface area (Å²) >= 11 is 0. The van der Waals surface area contributed by atoms with Crippen LogP contribution in [-0.4, -0.2) is 51.5 Å². The molecule has 1 fully saturated rings. The van der Waals surface area contributed by atoms with Crippen LogP contribution in [0, 0.1) is 0 Å². The monoisotopic (exact) mass is 395 g/mol. The zero-order valence-electron chi connectivity index (χ0n) is 16.6. The van der Waals surface area contributed by atoms with Gasteiger partial charge in [0, 0.05) is 37.3 Å². The number of hydrogen-bond donors (Lipinski definition) is 0. The van der Waals surface area contributed by atoms with E-state index in [1.165, 1.54) is 6.07 Å². The van der Waals surface area contributed by atoms with Crippen LogP contribution in [0.15, 0.2) is 57.7 Å². The van der Waals surface area contributed by atoms with Gasteiger partial charge in [-0.05, 0) is 42.8 Å². The molecule has 0 saturated carbocycles. The van der Waals surface area contributed by atoms with Crippen molar-refractivity contribution in [3.63, 3.8) is 0 Å². The van der Waals surface area contributed by atoms with Gasteiger partial charge in [-0.25, -0.2) is 0 Å². The average molecular weight is 395 g/mol. The minimum absolute atomic E-state index is 0.0765. The molecule has 1 aromatic heterocycles. The van der Waals surface area contributed by atoms with Crippen molar-refractivity contribution in [1.29, 1.82) is 0 Å². The van der Waals surface area contributed by atoms with Crippen molar-refractivity contribution < 1.29 is 18.6 Å². The summed E-state index contributed by atoms with van der Waals surface area (Å²) in [5.74, 6) is 1.98. The number of hydrogen-bond acceptors (Lipinski definition) is 6. The van der Waals surface area contributed by atoms with E-state index in [0.717, 1.165) is 50.6 Å². The van der Waals surface area contributed by atoms with E-state index in [1.807, 2.05) is 24.3 Å². The van der Waals surface area contributed by atoms with Gasteiger partial charge in [0.15, 0.2) is 5.43 Å². The minimum Gasteiger partial charge on any atom is -0.497 e. The van der Waals surface area contributed by atoms with Crippen LogP contribution in [0.3, 0.4) is 0 Å². The van der Waals surface area contributed by atoms with Crippen molar-refractivity contribution in [1.82, 2.24) is 4.90 Å². The molecule has 3 aromatic rings. The second kappa shape index (κ2) is 9.11. The Balaban J connectivity index is 1.40. The van der Waals surface area contributed by atoms with Gasteiger partial charge in [0.25, 0.3) is 0 Å². The standard InChI is InChI=1S/C23H25NO5/c1-26-19-7-8-20-21(25)16-22(29-23(20)15-19)17-3-5-18(6-4-17)28-12-2-9-24-10-13-27-14-11-24/h3-8,15-16H,2,9-14H2,1H3.